The van der Waals surface area contributed by atoms with Crippen molar-refractivity contribution in [2.24, 2.45) is 0 Å². The summed E-state index contributed by atoms with van der Waals surface area (Å²) in [5, 5.41) is 4.48. The molecule has 0 aromatic carbocycles. The molecule has 1 atom stereocenters. The zero-order valence-electron chi connectivity index (χ0n) is 8.24. The van der Waals surface area contributed by atoms with Crippen molar-refractivity contribution in [2.75, 3.05) is 13.6 Å². The maximum atomic E-state index is 4.22. The summed E-state index contributed by atoms with van der Waals surface area (Å²) in [7, 11) is 1.95. The third-order valence-corrected chi connectivity index (χ3v) is 2.55. The van der Waals surface area contributed by atoms with Crippen LogP contribution >= 0.6 is 11.8 Å². The molecule has 0 aliphatic carbocycles. The van der Waals surface area contributed by atoms with E-state index in [1.807, 2.05) is 26.4 Å². The van der Waals surface area contributed by atoms with Crippen LogP contribution in [0.4, 0.5) is 0 Å². The molecule has 1 aromatic rings. The van der Waals surface area contributed by atoms with E-state index in [0.717, 1.165) is 17.3 Å². The quantitative estimate of drug-likeness (QED) is 0.586. The van der Waals surface area contributed by atoms with E-state index in [1.165, 1.54) is 0 Å². The van der Waals surface area contributed by atoms with Crippen molar-refractivity contribution in [1.82, 2.24) is 15.3 Å². The van der Waals surface area contributed by atoms with Gasteiger partial charge in [0.05, 0.1) is 0 Å². The Hall–Kier alpha value is -0.610. The fourth-order valence-corrected chi connectivity index (χ4v) is 1.79. The third-order valence-electron chi connectivity index (χ3n) is 1.56. The number of hydrogen-bond acceptors (Lipinski definition) is 4. The van der Waals surface area contributed by atoms with Crippen LogP contribution in [0.2, 0.25) is 0 Å². The molecule has 4 heteroatoms. The second-order valence-corrected chi connectivity index (χ2v) is 4.43. The summed E-state index contributed by atoms with van der Waals surface area (Å²) in [5.74, 6) is 0. The Balaban J connectivity index is 2.49. The first-order valence-electron chi connectivity index (χ1n) is 4.32. The minimum Gasteiger partial charge on any atom is -0.319 e. The first-order valence-corrected chi connectivity index (χ1v) is 5.20. The van der Waals surface area contributed by atoms with Crippen LogP contribution in [-0.4, -0.2) is 28.8 Å². The standard InChI is InChI=1S/C9H15N3S/c1-7-4-11-9(12-5-7)13-8(2)6-10-3/h4-5,8,10H,6H2,1-3H3. The molecule has 0 bridgehead atoms. The molecule has 1 N–H and O–H groups in total. The van der Waals surface area contributed by atoms with E-state index >= 15 is 0 Å². The van der Waals surface area contributed by atoms with Gasteiger partial charge in [-0.05, 0) is 19.5 Å². The SMILES string of the molecule is CNCC(C)Sc1ncc(C)cn1. The average molecular weight is 197 g/mol. The van der Waals surface area contributed by atoms with E-state index in [2.05, 4.69) is 22.2 Å². The van der Waals surface area contributed by atoms with Crippen LogP contribution in [0.3, 0.4) is 0 Å². The number of nitrogens with zero attached hydrogens (tertiary/aromatic N) is 2. The van der Waals surface area contributed by atoms with E-state index in [9.17, 15) is 0 Å². The fourth-order valence-electron chi connectivity index (χ4n) is 0.951. The molecule has 1 heterocycles. The number of aryl methyl sites for hydroxylation is 1. The molecule has 0 spiro atoms. The lowest BCUT2D eigenvalue weighted by Crippen LogP contribution is -2.18. The predicted molar refractivity (Wildman–Crippen MR) is 56.0 cm³/mol. The number of rotatable bonds is 4. The van der Waals surface area contributed by atoms with Crippen molar-refractivity contribution < 1.29 is 0 Å². The lowest BCUT2D eigenvalue weighted by Gasteiger charge is -2.08. The fraction of sp³-hybridized carbons (Fsp3) is 0.556. The molecule has 3 nitrogen and oxygen atoms in total. The molecule has 72 valence electrons. The van der Waals surface area contributed by atoms with Crippen molar-refractivity contribution >= 4 is 11.8 Å². The lowest BCUT2D eigenvalue weighted by molar-refractivity contribution is 0.780. The number of thioether (sulfide) groups is 1. The minimum absolute atomic E-state index is 0.507. The van der Waals surface area contributed by atoms with E-state index in [4.69, 9.17) is 0 Å². The highest BCUT2D eigenvalue weighted by Crippen LogP contribution is 2.17. The molecule has 0 aliphatic heterocycles. The average Bonchev–Trinajstić information content (AvgIpc) is 2.09. The van der Waals surface area contributed by atoms with Gasteiger partial charge in [0, 0.05) is 24.2 Å². The van der Waals surface area contributed by atoms with Crippen molar-refractivity contribution in [2.45, 2.75) is 24.3 Å². The van der Waals surface area contributed by atoms with Crippen molar-refractivity contribution in [3.05, 3.63) is 18.0 Å². The highest BCUT2D eigenvalue weighted by atomic mass is 32.2. The number of hydrogen-bond donors (Lipinski definition) is 1. The summed E-state index contributed by atoms with van der Waals surface area (Å²) >= 11 is 1.69. The van der Waals surface area contributed by atoms with Gasteiger partial charge in [0.25, 0.3) is 0 Å². The molecule has 0 amide bonds. The molecule has 0 radical (unpaired) electrons. The summed E-state index contributed by atoms with van der Waals surface area (Å²) in [5.41, 5.74) is 1.10. The number of nitrogens with one attached hydrogen (secondary N) is 1. The highest BCUT2D eigenvalue weighted by Gasteiger charge is 2.04. The van der Waals surface area contributed by atoms with Crippen LogP contribution < -0.4 is 5.32 Å². The summed E-state index contributed by atoms with van der Waals surface area (Å²) in [6.45, 7) is 5.12. The first kappa shape index (κ1) is 10.5. The van der Waals surface area contributed by atoms with Gasteiger partial charge in [-0.1, -0.05) is 18.7 Å². The molecule has 13 heavy (non-hydrogen) atoms. The van der Waals surface area contributed by atoms with Crippen LogP contribution in [0.25, 0.3) is 0 Å². The van der Waals surface area contributed by atoms with Gasteiger partial charge in [0.15, 0.2) is 5.16 Å². The molecule has 0 saturated carbocycles. The Morgan fingerprint density at radius 3 is 2.62 bits per heavy atom. The van der Waals surface area contributed by atoms with E-state index in [-0.39, 0.29) is 0 Å². The molecular formula is C9H15N3S. The van der Waals surface area contributed by atoms with Crippen LogP contribution in [0.5, 0.6) is 0 Å². The Bertz CT molecular complexity index is 248. The molecule has 1 rings (SSSR count). The number of aromatic nitrogens is 2. The van der Waals surface area contributed by atoms with Crippen molar-refractivity contribution in [3.8, 4) is 0 Å². The van der Waals surface area contributed by atoms with Gasteiger partial charge in [0.2, 0.25) is 0 Å². The smallest absolute Gasteiger partial charge is 0.187 e. The Labute approximate surface area is 83.4 Å². The molecule has 1 aromatic heterocycles. The van der Waals surface area contributed by atoms with E-state index < -0.39 is 0 Å². The zero-order chi connectivity index (χ0) is 9.68. The van der Waals surface area contributed by atoms with Gasteiger partial charge < -0.3 is 5.32 Å². The van der Waals surface area contributed by atoms with Gasteiger partial charge >= 0.3 is 0 Å². The van der Waals surface area contributed by atoms with Crippen LogP contribution in [0.1, 0.15) is 12.5 Å². The Morgan fingerprint density at radius 2 is 2.08 bits per heavy atom. The topological polar surface area (TPSA) is 37.8 Å². The predicted octanol–water partition coefficient (Wildman–Crippen LogP) is 1.49. The van der Waals surface area contributed by atoms with Gasteiger partial charge in [-0.25, -0.2) is 9.97 Å². The van der Waals surface area contributed by atoms with Gasteiger partial charge in [0.1, 0.15) is 0 Å². The Kier molecular flexibility index (Phi) is 4.18. The zero-order valence-corrected chi connectivity index (χ0v) is 9.06. The summed E-state index contributed by atoms with van der Waals surface area (Å²) in [4.78, 5) is 8.45. The first-order chi connectivity index (χ1) is 6.22. The molecule has 1 unspecified atom stereocenters. The minimum atomic E-state index is 0.507. The lowest BCUT2D eigenvalue weighted by atomic mass is 10.4. The maximum Gasteiger partial charge on any atom is 0.187 e. The molecule has 0 fully saturated rings. The maximum absolute atomic E-state index is 4.22. The Morgan fingerprint density at radius 1 is 1.46 bits per heavy atom. The monoisotopic (exact) mass is 197 g/mol. The van der Waals surface area contributed by atoms with E-state index in [0.29, 0.717) is 5.25 Å². The largest absolute Gasteiger partial charge is 0.319 e. The summed E-state index contributed by atoms with van der Waals surface area (Å²) in [6.07, 6.45) is 3.70. The molecule has 0 saturated heterocycles. The summed E-state index contributed by atoms with van der Waals surface area (Å²) < 4.78 is 0. The van der Waals surface area contributed by atoms with E-state index in [1.54, 1.807) is 11.8 Å². The second-order valence-electron chi connectivity index (χ2n) is 3.03. The third kappa shape index (κ3) is 3.74. The normalized spacial score (nSPS) is 12.8. The molecular weight excluding hydrogens is 182 g/mol. The van der Waals surface area contributed by atoms with Crippen molar-refractivity contribution in [1.29, 1.82) is 0 Å². The molecule has 0 aliphatic rings. The van der Waals surface area contributed by atoms with Crippen molar-refractivity contribution in [3.63, 3.8) is 0 Å². The van der Waals surface area contributed by atoms with Gasteiger partial charge in [-0.3, -0.25) is 0 Å². The second kappa shape index (κ2) is 5.19. The van der Waals surface area contributed by atoms with Gasteiger partial charge in [-0.15, -0.1) is 0 Å². The van der Waals surface area contributed by atoms with Crippen LogP contribution in [0.15, 0.2) is 17.6 Å². The highest BCUT2D eigenvalue weighted by molar-refractivity contribution is 7.99. The van der Waals surface area contributed by atoms with Crippen LogP contribution in [0, 0.1) is 6.92 Å². The van der Waals surface area contributed by atoms with Gasteiger partial charge in [-0.2, -0.15) is 0 Å². The summed E-state index contributed by atoms with van der Waals surface area (Å²) in [6, 6.07) is 0. The van der Waals surface area contributed by atoms with Crippen LogP contribution in [-0.2, 0) is 0 Å².